The number of aromatic nitrogens is 3. The van der Waals surface area contributed by atoms with Crippen LogP contribution in [-0.4, -0.2) is 30.1 Å². The molecule has 0 bridgehead atoms. The SMILES string of the molecule is CNc1nn2c(CN)cc(C)nc2c1S(=O)(=O)c1ccccc1.Cl. The number of hydrogen-bond acceptors (Lipinski definition) is 6. The molecule has 0 fully saturated rings. The number of sulfone groups is 1. The van der Waals surface area contributed by atoms with Gasteiger partial charge in [-0.3, -0.25) is 0 Å². The van der Waals surface area contributed by atoms with Gasteiger partial charge in [-0.25, -0.2) is 17.9 Å². The highest BCUT2D eigenvalue weighted by molar-refractivity contribution is 7.91. The van der Waals surface area contributed by atoms with E-state index in [1.807, 2.05) is 0 Å². The van der Waals surface area contributed by atoms with E-state index in [1.165, 1.54) is 4.52 Å². The molecule has 9 heteroatoms. The van der Waals surface area contributed by atoms with E-state index >= 15 is 0 Å². The van der Waals surface area contributed by atoms with Crippen LogP contribution in [0, 0.1) is 6.92 Å². The number of fused-ring (bicyclic) bond motifs is 1. The number of aryl methyl sites for hydroxylation is 1. The number of benzene rings is 1. The van der Waals surface area contributed by atoms with Gasteiger partial charge in [0.15, 0.2) is 16.4 Å². The smallest absolute Gasteiger partial charge is 0.214 e. The van der Waals surface area contributed by atoms with Gasteiger partial charge in [-0.15, -0.1) is 17.5 Å². The second-order valence-electron chi connectivity index (χ2n) is 5.07. The van der Waals surface area contributed by atoms with Crippen molar-refractivity contribution in [2.24, 2.45) is 5.73 Å². The Morgan fingerprint density at radius 3 is 2.50 bits per heavy atom. The molecule has 0 saturated carbocycles. The molecule has 3 aromatic rings. The van der Waals surface area contributed by atoms with Crippen LogP contribution >= 0.6 is 12.4 Å². The molecule has 3 rings (SSSR count). The molecule has 0 atom stereocenters. The number of halogens is 1. The van der Waals surface area contributed by atoms with Crippen LogP contribution in [0.1, 0.15) is 11.4 Å². The second-order valence-corrected chi connectivity index (χ2v) is 6.96. The summed E-state index contributed by atoms with van der Waals surface area (Å²) < 4.78 is 27.6. The van der Waals surface area contributed by atoms with Crippen LogP contribution in [0.5, 0.6) is 0 Å². The maximum Gasteiger partial charge on any atom is 0.214 e. The second kappa shape index (κ2) is 6.76. The molecule has 7 nitrogen and oxygen atoms in total. The van der Waals surface area contributed by atoms with E-state index in [1.54, 1.807) is 50.4 Å². The number of nitrogens with zero attached hydrogens (tertiary/aromatic N) is 3. The number of anilines is 1. The van der Waals surface area contributed by atoms with E-state index in [2.05, 4.69) is 15.4 Å². The molecule has 3 N–H and O–H groups in total. The van der Waals surface area contributed by atoms with Gasteiger partial charge in [-0.2, -0.15) is 0 Å². The van der Waals surface area contributed by atoms with Crippen LogP contribution in [0.3, 0.4) is 0 Å². The van der Waals surface area contributed by atoms with Crippen molar-refractivity contribution in [2.75, 3.05) is 12.4 Å². The molecule has 2 aromatic heterocycles. The van der Waals surface area contributed by atoms with Crippen molar-refractivity contribution in [3.63, 3.8) is 0 Å². The minimum absolute atomic E-state index is 0. The Kier molecular flexibility index (Phi) is 5.12. The van der Waals surface area contributed by atoms with E-state index in [0.29, 0.717) is 11.4 Å². The maximum atomic E-state index is 13.0. The van der Waals surface area contributed by atoms with Gasteiger partial charge in [0.1, 0.15) is 0 Å². The van der Waals surface area contributed by atoms with Gasteiger partial charge in [0, 0.05) is 19.3 Å². The summed E-state index contributed by atoms with van der Waals surface area (Å²) in [6, 6.07) is 10.0. The zero-order valence-corrected chi connectivity index (χ0v) is 14.9. The summed E-state index contributed by atoms with van der Waals surface area (Å²) in [5.41, 5.74) is 7.40. The van der Waals surface area contributed by atoms with E-state index in [-0.39, 0.29) is 40.2 Å². The van der Waals surface area contributed by atoms with E-state index in [0.717, 1.165) is 0 Å². The van der Waals surface area contributed by atoms with Crippen LogP contribution in [0.4, 0.5) is 5.82 Å². The minimum Gasteiger partial charge on any atom is -0.370 e. The summed E-state index contributed by atoms with van der Waals surface area (Å²) in [7, 11) is -2.13. The summed E-state index contributed by atoms with van der Waals surface area (Å²) in [6.07, 6.45) is 0. The Bertz CT molecular complexity index is 970. The molecule has 0 spiro atoms. The molecule has 24 heavy (non-hydrogen) atoms. The molecule has 0 aliphatic heterocycles. The maximum absolute atomic E-state index is 13.0. The average Bonchev–Trinajstić information content (AvgIpc) is 2.93. The molecule has 0 amide bonds. The Hall–Kier alpha value is -2.16. The molecule has 0 aliphatic carbocycles. The summed E-state index contributed by atoms with van der Waals surface area (Å²) in [4.78, 5) is 4.63. The third-order valence-electron chi connectivity index (χ3n) is 3.52. The predicted octanol–water partition coefficient (Wildman–Crippen LogP) is 1.79. The van der Waals surface area contributed by atoms with Crippen LogP contribution in [-0.2, 0) is 16.4 Å². The molecule has 0 unspecified atom stereocenters. The average molecular weight is 368 g/mol. The Morgan fingerprint density at radius 2 is 1.92 bits per heavy atom. The molecular formula is C15H18ClN5O2S. The monoisotopic (exact) mass is 367 g/mol. The molecular weight excluding hydrogens is 350 g/mol. The largest absolute Gasteiger partial charge is 0.370 e. The van der Waals surface area contributed by atoms with Crippen LogP contribution in [0.15, 0.2) is 46.2 Å². The first-order chi connectivity index (χ1) is 11.0. The molecule has 0 saturated heterocycles. The van der Waals surface area contributed by atoms with Crippen molar-refractivity contribution in [1.82, 2.24) is 14.6 Å². The first kappa shape index (κ1) is 18.2. The fraction of sp³-hybridized carbons (Fsp3) is 0.200. The Labute approximate surface area is 146 Å². The summed E-state index contributed by atoms with van der Waals surface area (Å²) in [5.74, 6) is 0.252. The van der Waals surface area contributed by atoms with Crippen molar-refractivity contribution in [3.05, 3.63) is 47.8 Å². The topological polar surface area (TPSA) is 102 Å². The molecule has 0 radical (unpaired) electrons. The number of nitrogens with one attached hydrogen (secondary N) is 1. The first-order valence-electron chi connectivity index (χ1n) is 7.06. The van der Waals surface area contributed by atoms with Crippen molar-refractivity contribution in [2.45, 2.75) is 23.3 Å². The summed E-state index contributed by atoms with van der Waals surface area (Å²) in [6.45, 7) is 2.03. The van der Waals surface area contributed by atoms with E-state index in [4.69, 9.17) is 5.73 Å². The zero-order chi connectivity index (χ0) is 16.6. The highest BCUT2D eigenvalue weighted by Gasteiger charge is 2.29. The number of rotatable bonds is 4. The van der Waals surface area contributed by atoms with Gasteiger partial charge < -0.3 is 11.1 Å². The summed E-state index contributed by atoms with van der Waals surface area (Å²) >= 11 is 0. The fourth-order valence-electron chi connectivity index (χ4n) is 2.47. The zero-order valence-electron chi connectivity index (χ0n) is 13.2. The third-order valence-corrected chi connectivity index (χ3v) is 5.32. The standard InChI is InChI=1S/C15H17N5O2S.ClH/c1-10-8-11(9-16)20-15(18-10)13(14(17-2)19-20)23(21,22)12-6-4-3-5-7-12;/h3-8H,9,16H2,1-2H3,(H,17,19);1H. The molecule has 128 valence electrons. The molecule has 2 heterocycles. The van der Waals surface area contributed by atoms with E-state index in [9.17, 15) is 8.42 Å². The lowest BCUT2D eigenvalue weighted by atomic mass is 10.3. The van der Waals surface area contributed by atoms with Gasteiger partial charge in [-0.1, -0.05) is 18.2 Å². The van der Waals surface area contributed by atoms with Crippen LogP contribution < -0.4 is 11.1 Å². The van der Waals surface area contributed by atoms with Crippen LogP contribution in [0.2, 0.25) is 0 Å². The van der Waals surface area contributed by atoms with Crippen LogP contribution in [0.25, 0.3) is 5.65 Å². The number of nitrogens with two attached hydrogens (primary N) is 1. The minimum atomic E-state index is -3.76. The van der Waals surface area contributed by atoms with Crippen molar-refractivity contribution < 1.29 is 8.42 Å². The summed E-state index contributed by atoms with van der Waals surface area (Å²) in [5, 5.41) is 7.16. The lowest BCUT2D eigenvalue weighted by Gasteiger charge is -2.06. The van der Waals surface area contributed by atoms with Gasteiger partial charge in [-0.05, 0) is 25.1 Å². The normalized spacial score (nSPS) is 11.3. The van der Waals surface area contributed by atoms with Crippen molar-refractivity contribution >= 4 is 33.7 Å². The van der Waals surface area contributed by atoms with Gasteiger partial charge in [0.25, 0.3) is 0 Å². The quantitative estimate of drug-likeness (QED) is 0.728. The van der Waals surface area contributed by atoms with Gasteiger partial charge in [0.05, 0.1) is 10.6 Å². The van der Waals surface area contributed by atoms with Gasteiger partial charge >= 0.3 is 0 Å². The van der Waals surface area contributed by atoms with Gasteiger partial charge in [0.2, 0.25) is 9.84 Å². The predicted molar refractivity (Wildman–Crippen MR) is 94.3 cm³/mol. The lowest BCUT2D eigenvalue weighted by molar-refractivity contribution is 0.597. The fourth-order valence-corrected chi connectivity index (χ4v) is 3.99. The Balaban J connectivity index is 0.00000208. The van der Waals surface area contributed by atoms with E-state index < -0.39 is 9.84 Å². The highest BCUT2D eigenvalue weighted by atomic mass is 35.5. The molecule has 1 aromatic carbocycles. The third kappa shape index (κ3) is 2.83. The highest BCUT2D eigenvalue weighted by Crippen LogP contribution is 2.30. The Morgan fingerprint density at radius 1 is 1.25 bits per heavy atom. The first-order valence-corrected chi connectivity index (χ1v) is 8.54. The number of hydrogen-bond donors (Lipinski definition) is 2. The lowest BCUT2D eigenvalue weighted by Crippen LogP contribution is -2.08. The molecule has 0 aliphatic rings. The van der Waals surface area contributed by atoms with Crippen molar-refractivity contribution in [3.8, 4) is 0 Å². The van der Waals surface area contributed by atoms with Crippen molar-refractivity contribution in [1.29, 1.82) is 0 Å².